The number of para-hydroxylation sites is 2. The highest BCUT2D eigenvalue weighted by Crippen LogP contribution is 2.12. The molecule has 0 aliphatic heterocycles. The van der Waals surface area contributed by atoms with Gasteiger partial charge in [-0.15, -0.1) is 0 Å². The molecule has 6 nitrogen and oxygen atoms in total. The third kappa shape index (κ3) is 3.81. The summed E-state index contributed by atoms with van der Waals surface area (Å²) in [6.07, 6.45) is 3.07. The van der Waals surface area contributed by atoms with Crippen molar-refractivity contribution in [3.63, 3.8) is 0 Å². The minimum atomic E-state index is -0.988. The minimum absolute atomic E-state index is 0.230. The number of aromatic nitrogens is 2. The van der Waals surface area contributed by atoms with Crippen LogP contribution in [-0.2, 0) is 16.1 Å². The quantitative estimate of drug-likeness (QED) is 0.814. The van der Waals surface area contributed by atoms with Gasteiger partial charge in [0.05, 0.1) is 17.4 Å². The number of fused-ring (bicyclic) bond motifs is 1. The first-order valence-electron chi connectivity index (χ1n) is 7.04. The molecule has 1 atom stereocenters. The molecule has 1 amide bonds. The molecule has 0 bridgehead atoms. The fourth-order valence-corrected chi connectivity index (χ4v) is 2.22. The number of aliphatic carboxylic acids is 1. The van der Waals surface area contributed by atoms with Crippen molar-refractivity contribution < 1.29 is 14.7 Å². The lowest BCUT2D eigenvalue weighted by Crippen LogP contribution is -2.40. The van der Waals surface area contributed by atoms with Crippen LogP contribution >= 0.6 is 0 Å². The number of hydrogen-bond acceptors (Lipinski definition) is 3. The Morgan fingerprint density at radius 1 is 1.38 bits per heavy atom. The molecule has 0 saturated carbocycles. The van der Waals surface area contributed by atoms with Gasteiger partial charge in [0.1, 0.15) is 6.04 Å². The number of aryl methyl sites for hydroxylation is 1. The second-order valence-corrected chi connectivity index (χ2v) is 4.92. The van der Waals surface area contributed by atoms with E-state index in [1.165, 1.54) is 0 Å². The molecule has 0 aliphatic carbocycles. The van der Waals surface area contributed by atoms with Crippen molar-refractivity contribution in [1.82, 2.24) is 14.9 Å². The topological polar surface area (TPSA) is 84.2 Å². The van der Waals surface area contributed by atoms with Gasteiger partial charge in [-0.2, -0.15) is 0 Å². The summed E-state index contributed by atoms with van der Waals surface area (Å²) in [6.45, 7) is 2.37. The first kappa shape index (κ1) is 15.0. The van der Waals surface area contributed by atoms with Gasteiger partial charge in [-0.05, 0) is 18.6 Å². The van der Waals surface area contributed by atoms with Crippen molar-refractivity contribution >= 4 is 22.9 Å². The summed E-state index contributed by atoms with van der Waals surface area (Å²) in [6, 6.07) is 6.88. The fraction of sp³-hybridized carbons (Fsp3) is 0.400. The van der Waals surface area contributed by atoms with E-state index in [1.54, 1.807) is 6.33 Å². The summed E-state index contributed by atoms with van der Waals surface area (Å²) >= 11 is 0. The van der Waals surface area contributed by atoms with E-state index in [0.717, 1.165) is 11.0 Å². The lowest BCUT2D eigenvalue weighted by Gasteiger charge is -2.13. The van der Waals surface area contributed by atoms with E-state index in [9.17, 15) is 9.59 Å². The van der Waals surface area contributed by atoms with E-state index in [1.807, 2.05) is 35.8 Å². The normalized spacial score (nSPS) is 12.2. The second-order valence-electron chi connectivity index (χ2n) is 4.92. The maximum absolute atomic E-state index is 11.9. The van der Waals surface area contributed by atoms with E-state index in [2.05, 4.69) is 10.3 Å². The Kier molecular flexibility index (Phi) is 4.92. The molecule has 0 saturated heterocycles. The number of benzene rings is 1. The van der Waals surface area contributed by atoms with Crippen LogP contribution in [0.15, 0.2) is 30.6 Å². The molecule has 21 heavy (non-hydrogen) atoms. The van der Waals surface area contributed by atoms with Gasteiger partial charge >= 0.3 is 5.97 Å². The molecule has 2 N–H and O–H groups in total. The smallest absolute Gasteiger partial charge is 0.326 e. The molecule has 6 heteroatoms. The Bertz CT molecular complexity index is 636. The van der Waals surface area contributed by atoms with Gasteiger partial charge in [0, 0.05) is 13.0 Å². The summed E-state index contributed by atoms with van der Waals surface area (Å²) in [5, 5.41) is 11.6. The summed E-state index contributed by atoms with van der Waals surface area (Å²) in [4.78, 5) is 27.1. The molecule has 112 valence electrons. The zero-order valence-electron chi connectivity index (χ0n) is 12.0. The summed E-state index contributed by atoms with van der Waals surface area (Å²) in [5.41, 5.74) is 1.85. The van der Waals surface area contributed by atoms with Crippen LogP contribution in [0.25, 0.3) is 11.0 Å². The Labute approximate surface area is 122 Å². The van der Waals surface area contributed by atoms with E-state index in [-0.39, 0.29) is 12.3 Å². The third-order valence-electron chi connectivity index (χ3n) is 3.32. The Hall–Kier alpha value is -2.37. The largest absolute Gasteiger partial charge is 0.480 e. The molecule has 2 aromatic rings. The van der Waals surface area contributed by atoms with Crippen LogP contribution in [0.1, 0.15) is 26.2 Å². The van der Waals surface area contributed by atoms with E-state index >= 15 is 0 Å². The van der Waals surface area contributed by atoms with E-state index in [4.69, 9.17) is 5.11 Å². The number of amides is 1. The molecular weight excluding hydrogens is 270 g/mol. The fourth-order valence-electron chi connectivity index (χ4n) is 2.22. The number of nitrogens with zero attached hydrogens (tertiary/aromatic N) is 2. The Balaban J connectivity index is 1.93. The average molecular weight is 289 g/mol. The first-order chi connectivity index (χ1) is 10.1. The molecule has 0 aliphatic rings. The molecule has 2 rings (SSSR count). The number of nitrogens with one attached hydrogen (secondary N) is 1. The monoisotopic (exact) mass is 289 g/mol. The molecule has 0 radical (unpaired) electrons. The van der Waals surface area contributed by atoms with Crippen LogP contribution in [0, 0.1) is 0 Å². The van der Waals surface area contributed by atoms with Gasteiger partial charge in [-0.3, -0.25) is 4.79 Å². The standard InChI is InChI=1S/C15H19N3O3/c1-2-5-12(15(20)21)17-14(19)8-9-18-10-16-11-6-3-4-7-13(11)18/h3-4,6-7,10,12H,2,5,8-9H2,1H3,(H,17,19)(H,20,21). The van der Waals surface area contributed by atoms with Gasteiger partial charge in [0.25, 0.3) is 0 Å². The molecular formula is C15H19N3O3. The Morgan fingerprint density at radius 3 is 2.86 bits per heavy atom. The number of carboxylic acids is 1. The van der Waals surface area contributed by atoms with Crippen molar-refractivity contribution in [2.45, 2.75) is 38.8 Å². The summed E-state index contributed by atoms with van der Waals surface area (Å²) in [7, 11) is 0. The highest BCUT2D eigenvalue weighted by molar-refractivity contribution is 5.83. The van der Waals surface area contributed by atoms with Gasteiger partial charge in [-0.1, -0.05) is 25.5 Å². The third-order valence-corrected chi connectivity index (χ3v) is 3.32. The number of imidazole rings is 1. The average Bonchev–Trinajstić information content (AvgIpc) is 2.88. The molecule has 1 aromatic carbocycles. The van der Waals surface area contributed by atoms with Gasteiger partial charge in [0.15, 0.2) is 0 Å². The van der Waals surface area contributed by atoms with Gasteiger partial charge in [0.2, 0.25) is 5.91 Å². The van der Waals surface area contributed by atoms with Gasteiger partial charge < -0.3 is 15.0 Å². The summed E-state index contributed by atoms with van der Waals surface area (Å²) < 4.78 is 1.89. The molecule has 0 fully saturated rings. The SMILES string of the molecule is CCCC(NC(=O)CCn1cnc2ccccc21)C(=O)O. The zero-order valence-corrected chi connectivity index (χ0v) is 12.0. The highest BCUT2D eigenvalue weighted by Gasteiger charge is 2.18. The van der Waals surface area contributed by atoms with E-state index < -0.39 is 12.0 Å². The maximum atomic E-state index is 11.9. The van der Waals surface area contributed by atoms with Crippen LogP contribution in [0.4, 0.5) is 0 Å². The number of carboxylic acid groups (broad SMARTS) is 1. The molecule has 1 unspecified atom stereocenters. The van der Waals surface area contributed by atoms with Crippen LogP contribution in [0.5, 0.6) is 0 Å². The minimum Gasteiger partial charge on any atom is -0.480 e. The molecule has 1 heterocycles. The van der Waals surface area contributed by atoms with Crippen molar-refractivity contribution in [2.75, 3.05) is 0 Å². The number of carbonyl (C=O) groups is 2. The van der Waals surface area contributed by atoms with E-state index in [0.29, 0.717) is 19.4 Å². The van der Waals surface area contributed by atoms with Crippen molar-refractivity contribution in [2.24, 2.45) is 0 Å². The first-order valence-corrected chi connectivity index (χ1v) is 7.04. The summed E-state index contributed by atoms with van der Waals surface area (Å²) in [5.74, 6) is -1.24. The van der Waals surface area contributed by atoms with Crippen molar-refractivity contribution in [3.8, 4) is 0 Å². The van der Waals surface area contributed by atoms with Crippen LogP contribution in [0.3, 0.4) is 0 Å². The van der Waals surface area contributed by atoms with Crippen molar-refractivity contribution in [3.05, 3.63) is 30.6 Å². The number of hydrogen-bond donors (Lipinski definition) is 2. The van der Waals surface area contributed by atoms with Gasteiger partial charge in [-0.25, -0.2) is 9.78 Å². The molecule has 0 spiro atoms. The van der Waals surface area contributed by atoms with Crippen LogP contribution in [0.2, 0.25) is 0 Å². The van der Waals surface area contributed by atoms with Crippen LogP contribution < -0.4 is 5.32 Å². The predicted molar refractivity (Wildman–Crippen MR) is 78.8 cm³/mol. The Morgan fingerprint density at radius 2 is 2.14 bits per heavy atom. The predicted octanol–water partition coefficient (Wildman–Crippen LogP) is 1.80. The van der Waals surface area contributed by atoms with Crippen molar-refractivity contribution in [1.29, 1.82) is 0 Å². The highest BCUT2D eigenvalue weighted by atomic mass is 16.4. The number of rotatable bonds is 7. The lowest BCUT2D eigenvalue weighted by atomic mass is 10.1. The second kappa shape index (κ2) is 6.88. The lowest BCUT2D eigenvalue weighted by molar-refractivity contribution is -0.142. The number of carbonyl (C=O) groups excluding carboxylic acids is 1. The zero-order chi connectivity index (χ0) is 15.2. The molecule has 1 aromatic heterocycles. The van der Waals surface area contributed by atoms with Crippen LogP contribution in [-0.4, -0.2) is 32.6 Å². The maximum Gasteiger partial charge on any atom is 0.326 e.